The van der Waals surface area contributed by atoms with E-state index in [4.69, 9.17) is 4.74 Å². The fourth-order valence-corrected chi connectivity index (χ4v) is 1.91. The summed E-state index contributed by atoms with van der Waals surface area (Å²) < 4.78 is 5.85. The fraction of sp³-hybridized carbons (Fsp3) is 0.667. The smallest absolute Gasteiger partial charge is 0.0824 e. The third kappa shape index (κ3) is 2.70. The number of hydrogen-bond acceptors (Lipinski definition) is 1. The summed E-state index contributed by atoms with van der Waals surface area (Å²) in [5.74, 6) is 0.521. The molecule has 0 unspecified atom stereocenters. The molecule has 1 heteroatoms. The molecular weight excluding hydrogens is 160 g/mol. The Hall–Kier alpha value is -0.560. The van der Waals surface area contributed by atoms with Crippen LogP contribution in [0, 0.1) is 5.92 Å². The lowest BCUT2D eigenvalue weighted by Gasteiger charge is -2.34. The molecule has 1 rings (SSSR count). The molecule has 0 N–H and O–H groups in total. The van der Waals surface area contributed by atoms with Crippen molar-refractivity contribution in [3.05, 3.63) is 24.3 Å². The van der Waals surface area contributed by atoms with Gasteiger partial charge in [-0.3, -0.25) is 0 Å². The van der Waals surface area contributed by atoms with Crippen molar-refractivity contribution in [3.63, 3.8) is 0 Å². The molecule has 1 saturated heterocycles. The molecule has 0 aromatic heterocycles. The standard InChI is InChI=1S/C12H20O/c1-5-6-12-11(9(2)3)8-7-10(4)13-12/h5-6,10-12H,2,7-8H2,1,3-4H3/b6-5+/t10-,11+,12-/m1/s1. The van der Waals surface area contributed by atoms with E-state index < -0.39 is 0 Å². The molecule has 0 amide bonds. The van der Waals surface area contributed by atoms with Gasteiger partial charge in [-0.15, -0.1) is 0 Å². The summed E-state index contributed by atoms with van der Waals surface area (Å²) in [7, 11) is 0. The van der Waals surface area contributed by atoms with Crippen molar-refractivity contribution in [2.24, 2.45) is 5.92 Å². The monoisotopic (exact) mass is 180 g/mol. The van der Waals surface area contributed by atoms with Crippen LogP contribution in [0.25, 0.3) is 0 Å². The van der Waals surface area contributed by atoms with Crippen molar-refractivity contribution < 1.29 is 4.74 Å². The van der Waals surface area contributed by atoms with Crippen LogP contribution in [-0.4, -0.2) is 12.2 Å². The molecule has 0 radical (unpaired) electrons. The predicted octanol–water partition coefficient (Wildman–Crippen LogP) is 3.32. The second-order valence-electron chi connectivity index (χ2n) is 3.97. The van der Waals surface area contributed by atoms with Crippen LogP contribution in [0.5, 0.6) is 0 Å². The Morgan fingerprint density at radius 3 is 2.69 bits per heavy atom. The van der Waals surface area contributed by atoms with Crippen LogP contribution < -0.4 is 0 Å². The maximum atomic E-state index is 5.85. The summed E-state index contributed by atoms with van der Waals surface area (Å²) in [5, 5.41) is 0. The number of allylic oxidation sites excluding steroid dienone is 1. The van der Waals surface area contributed by atoms with Crippen LogP contribution in [0.1, 0.15) is 33.6 Å². The van der Waals surface area contributed by atoms with E-state index in [1.54, 1.807) is 0 Å². The van der Waals surface area contributed by atoms with E-state index in [1.807, 2.05) is 6.92 Å². The topological polar surface area (TPSA) is 9.23 Å². The molecular formula is C12H20O. The third-order valence-electron chi connectivity index (χ3n) is 2.69. The fourth-order valence-electron chi connectivity index (χ4n) is 1.91. The van der Waals surface area contributed by atoms with Crippen LogP contribution in [0.2, 0.25) is 0 Å². The zero-order valence-electron chi connectivity index (χ0n) is 8.92. The minimum absolute atomic E-state index is 0.256. The predicted molar refractivity (Wildman–Crippen MR) is 56.7 cm³/mol. The Balaban J connectivity index is 2.65. The van der Waals surface area contributed by atoms with E-state index in [0.29, 0.717) is 12.0 Å². The second kappa shape index (κ2) is 4.61. The lowest BCUT2D eigenvalue weighted by molar-refractivity contribution is -0.0390. The minimum Gasteiger partial charge on any atom is -0.371 e. The van der Waals surface area contributed by atoms with Crippen LogP contribution in [-0.2, 0) is 4.74 Å². The number of rotatable bonds is 2. The summed E-state index contributed by atoms with van der Waals surface area (Å²) in [6.07, 6.45) is 7.24. The van der Waals surface area contributed by atoms with Gasteiger partial charge in [-0.25, -0.2) is 0 Å². The largest absolute Gasteiger partial charge is 0.371 e. The molecule has 0 saturated carbocycles. The third-order valence-corrected chi connectivity index (χ3v) is 2.69. The Bertz CT molecular complexity index is 205. The Morgan fingerprint density at radius 1 is 1.46 bits per heavy atom. The van der Waals surface area contributed by atoms with Gasteiger partial charge in [0.15, 0.2) is 0 Å². The molecule has 1 aliphatic rings. The Labute approximate surface area is 81.5 Å². The average Bonchev–Trinajstić information content (AvgIpc) is 2.04. The van der Waals surface area contributed by atoms with Gasteiger partial charge in [0.1, 0.15) is 0 Å². The van der Waals surface area contributed by atoms with E-state index in [9.17, 15) is 0 Å². The molecule has 0 spiro atoms. The van der Waals surface area contributed by atoms with Crippen molar-refractivity contribution in [3.8, 4) is 0 Å². The van der Waals surface area contributed by atoms with Gasteiger partial charge in [-0.05, 0) is 33.6 Å². The zero-order chi connectivity index (χ0) is 9.84. The van der Waals surface area contributed by atoms with Gasteiger partial charge < -0.3 is 4.74 Å². The lowest BCUT2D eigenvalue weighted by atomic mass is 9.87. The van der Waals surface area contributed by atoms with Gasteiger partial charge in [-0.2, -0.15) is 0 Å². The van der Waals surface area contributed by atoms with Crippen molar-refractivity contribution in [2.75, 3.05) is 0 Å². The van der Waals surface area contributed by atoms with Gasteiger partial charge in [0.05, 0.1) is 12.2 Å². The normalized spacial score (nSPS) is 35.2. The molecule has 0 aromatic carbocycles. The molecule has 0 aromatic rings. The highest BCUT2D eigenvalue weighted by molar-refractivity contribution is 5.07. The molecule has 1 aliphatic heterocycles. The van der Waals surface area contributed by atoms with Gasteiger partial charge >= 0.3 is 0 Å². The van der Waals surface area contributed by atoms with Crippen LogP contribution in [0.4, 0.5) is 0 Å². The van der Waals surface area contributed by atoms with E-state index in [0.717, 1.165) is 6.42 Å². The highest BCUT2D eigenvalue weighted by atomic mass is 16.5. The molecule has 74 valence electrons. The van der Waals surface area contributed by atoms with Crippen molar-refractivity contribution in [2.45, 2.75) is 45.8 Å². The summed E-state index contributed by atoms with van der Waals surface area (Å²) >= 11 is 0. The summed E-state index contributed by atoms with van der Waals surface area (Å²) in [6.45, 7) is 10.3. The molecule has 1 fully saturated rings. The van der Waals surface area contributed by atoms with E-state index >= 15 is 0 Å². The van der Waals surface area contributed by atoms with Gasteiger partial charge in [0.25, 0.3) is 0 Å². The van der Waals surface area contributed by atoms with E-state index in [1.165, 1.54) is 12.0 Å². The number of hydrogen-bond donors (Lipinski definition) is 0. The van der Waals surface area contributed by atoms with Crippen molar-refractivity contribution in [1.82, 2.24) is 0 Å². The van der Waals surface area contributed by atoms with Crippen molar-refractivity contribution >= 4 is 0 Å². The molecule has 13 heavy (non-hydrogen) atoms. The minimum atomic E-state index is 0.256. The first-order chi connectivity index (χ1) is 6.15. The van der Waals surface area contributed by atoms with E-state index in [2.05, 4.69) is 32.6 Å². The lowest BCUT2D eigenvalue weighted by Crippen LogP contribution is -2.32. The van der Waals surface area contributed by atoms with E-state index in [-0.39, 0.29) is 6.10 Å². The first kappa shape index (κ1) is 10.5. The quantitative estimate of drug-likeness (QED) is 0.592. The molecule has 1 heterocycles. The first-order valence-corrected chi connectivity index (χ1v) is 5.08. The average molecular weight is 180 g/mol. The Kier molecular flexibility index (Phi) is 3.73. The number of ether oxygens (including phenoxy) is 1. The Morgan fingerprint density at radius 2 is 2.15 bits per heavy atom. The highest BCUT2D eigenvalue weighted by Crippen LogP contribution is 2.30. The highest BCUT2D eigenvalue weighted by Gasteiger charge is 2.27. The maximum absolute atomic E-state index is 5.85. The maximum Gasteiger partial charge on any atom is 0.0824 e. The van der Waals surface area contributed by atoms with Gasteiger partial charge in [0, 0.05) is 5.92 Å². The molecule has 1 nitrogen and oxygen atoms in total. The summed E-state index contributed by atoms with van der Waals surface area (Å²) in [5.41, 5.74) is 1.25. The molecule has 3 atom stereocenters. The zero-order valence-corrected chi connectivity index (χ0v) is 8.92. The summed E-state index contributed by atoms with van der Waals surface area (Å²) in [4.78, 5) is 0. The van der Waals surface area contributed by atoms with Gasteiger partial charge in [-0.1, -0.05) is 24.3 Å². The van der Waals surface area contributed by atoms with Crippen LogP contribution in [0.3, 0.4) is 0 Å². The van der Waals surface area contributed by atoms with Gasteiger partial charge in [0.2, 0.25) is 0 Å². The second-order valence-corrected chi connectivity index (χ2v) is 3.97. The summed E-state index contributed by atoms with van der Waals surface area (Å²) in [6, 6.07) is 0. The van der Waals surface area contributed by atoms with Crippen LogP contribution >= 0.6 is 0 Å². The first-order valence-electron chi connectivity index (χ1n) is 5.08. The van der Waals surface area contributed by atoms with Crippen LogP contribution in [0.15, 0.2) is 24.3 Å². The SMILES string of the molecule is C=C(C)[C@@H]1CC[C@@H](C)O[C@@H]1/C=C/C. The molecule has 0 aliphatic carbocycles. The van der Waals surface area contributed by atoms with Crippen molar-refractivity contribution in [1.29, 1.82) is 0 Å². The molecule has 0 bridgehead atoms.